The van der Waals surface area contributed by atoms with E-state index in [0.717, 1.165) is 10.9 Å². The number of hydrogen-bond donors (Lipinski definition) is 3. The highest BCUT2D eigenvalue weighted by Gasteiger charge is 2.39. The summed E-state index contributed by atoms with van der Waals surface area (Å²) in [5, 5.41) is 15.1. The number of esters is 1. The van der Waals surface area contributed by atoms with Crippen molar-refractivity contribution in [2.24, 2.45) is 0 Å². The van der Waals surface area contributed by atoms with Crippen molar-refractivity contribution in [3.8, 4) is 5.75 Å². The average Bonchev–Trinajstić information content (AvgIpc) is 3.63. The number of carbonyl (C=O) groups excluding carboxylic acids is 1. The molecule has 4 unspecified atom stereocenters. The van der Waals surface area contributed by atoms with Gasteiger partial charge in [-0.3, -0.25) is 13.9 Å². The number of carbonyl (C=O) groups is 1. The fourth-order valence-electron chi connectivity index (χ4n) is 4.96. The number of fused-ring (bicyclic) bond motifs is 2. The van der Waals surface area contributed by atoms with E-state index in [1.807, 2.05) is 60.7 Å². The molecule has 14 heteroatoms. The Kier molecular flexibility index (Phi) is 8.56. The third-order valence-electron chi connectivity index (χ3n) is 7.15. The number of hydrogen-bond acceptors (Lipinski definition) is 11. The zero-order chi connectivity index (χ0) is 30.7. The Morgan fingerprint density at radius 1 is 1.11 bits per heavy atom. The summed E-state index contributed by atoms with van der Waals surface area (Å²) in [4.78, 5) is 25.3. The summed E-state index contributed by atoms with van der Waals surface area (Å²) in [6.07, 6.45) is 0.449. The van der Waals surface area contributed by atoms with Crippen LogP contribution in [0.3, 0.4) is 0 Å². The van der Waals surface area contributed by atoms with Gasteiger partial charge in [-0.25, -0.2) is 19.5 Å². The summed E-state index contributed by atoms with van der Waals surface area (Å²) < 4.78 is 39.2. The van der Waals surface area contributed by atoms with Crippen LogP contribution < -0.4 is 15.3 Å². The lowest BCUT2D eigenvalue weighted by atomic mass is 10.1. The number of nitrogens with zero attached hydrogens (tertiary/aromatic N) is 4. The lowest BCUT2D eigenvalue weighted by Gasteiger charge is -2.24. The molecule has 2 aromatic heterocycles. The second-order valence-electron chi connectivity index (χ2n) is 10.3. The SMILES string of the molecule is CC(NP(=O)(OC[C@@H]1CC(O)C(n2cnc3c(N)ncnc32)O1)Oc1cccc2ccccc12)C(=O)OCc1ccccc1. The number of ether oxygens (including phenoxy) is 2. The smallest absolute Gasteiger partial charge is 0.459 e. The normalized spacial score (nSPS) is 20.4. The van der Waals surface area contributed by atoms with Gasteiger partial charge in [0, 0.05) is 11.8 Å². The van der Waals surface area contributed by atoms with Crippen molar-refractivity contribution >= 4 is 41.5 Å². The first kappa shape index (κ1) is 29.7. The second-order valence-corrected chi connectivity index (χ2v) is 12.0. The van der Waals surface area contributed by atoms with Crippen LogP contribution >= 0.6 is 7.75 Å². The van der Waals surface area contributed by atoms with Crippen molar-refractivity contribution in [1.29, 1.82) is 0 Å². The quantitative estimate of drug-likeness (QED) is 0.143. The fraction of sp³-hybridized carbons (Fsp3) is 0.267. The van der Waals surface area contributed by atoms with E-state index in [1.165, 1.54) is 19.6 Å². The molecule has 5 atom stereocenters. The van der Waals surface area contributed by atoms with Gasteiger partial charge >= 0.3 is 13.7 Å². The van der Waals surface area contributed by atoms with Gasteiger partial charge in [0.2, 0.25) is 0 Å². The van der Waals surface area contributed by atoms with Crippen molar-refractivity contribution in [2.45, 2.75) is 44.4 Å². The van der Waals surface area contributed by atoms with Crippen LogP contribution in [0.15, 0.2) is 85.5 Å². The molecule has 228 valence electrons. The molecular formula is C30H31N6O7P. The van der Waals surface area contributed by atoms with E-state index in [9.17, 15) is 14.5 Å². The molecule has 0 aliphatic carbocycles. The third kappa shape index (κ3) is 6.42. The number of aliphatic hydroxyl groups excluding tert-OH is 1. The number of nitrogens with one attached hydrogen (secondary N) is 1. The van der Waals surface area contributed by atoms with Crippen molar-refractivity contribution in [1.82, 2.24) is 24.6 Å². The van der Waals surface area contributed by atoms with Crippen LogP contribution in [-0.4, -0.2) is 55.5 Å². The standard InChI is InChI=1S/C30H31N6O7P/c1-19(30(38)40-15-20-8-3-2-4-9-20)35-44(39,43-25-13-7-11-21-10-5-6-12-23(21)25)41-16-22-14-24(37)29(42-22)36-18-34-26-27(31)32-17-33-28(26)36/h2-13,17-19,22,24,29,37H,14-16H2,1H3,(H,35,39)(H2,31,32,33)/t19?,22-,24?,29?,44?/m0/s1. The molecule has 3 heterocycles. The van der Waals surface area contributed by atoms with Crippen LogP contribution in [0, 0.1) is 0 Å². The van der Waals surface area contributed by atoms with Crippen LogP contribution in [0.2, 0.25) is 0 Å². The summed E-state index contributed by atoms with van der Waals surface area (Å²) in [5.74, 6) is -0.133. The Bertz CT molecular complexity index is 1810. The Hall–Kier alpha value is -4.39. The number of aromatic nitrogens is 4. The van der Waals surface area contributed by atoms with Crippen molar-refractivity contribution in [3.05, 3.63) is 91.0 Å². The highest BCUT2D eigenvalue weighted by Crippen LogP contribution is 2.47. The highest BCUT2D eigenvalue weighted by molar-refractivity contribution is 7.52. The molecule has 3 aromatic carbocycles. The Morgan fingerprint density at radius 2 is 1.89 bits per heavy atom. The topological polar surface area (TPSA) is 173 Å². The predicted octanol–water partition coefficient (Wildman–Crippen LogP) is 4.14. The van der Waals surface area contributed by atoms with Crippen LogP contribution in [0.25, 0.3) is 21.9 Å². The maximum Gasteiger partial charge on any atom is 0.459 e. The molecule has 1 fully saturated rings. The van der Waals surface area contributed by atoms with Gasteiger partial charge in [-0.2, -0.15) is 5.09 Å². The van der Waals surface area contributed by atoms with Gasteiger partial charge in [-0.05, 0) is 23.9 Å². The van der Waals surface area contributed by atoms with E-state index in [0.29, 0.717) is 22.3 Å². The van der Waals surface area contributed by atoms with E-state index in [1.54, 1.807) is 16.7 Å². The first-order chi connectivity index (χ1) is 21.3. The minimum absolute atomic E-state index is 0.0513. The Balaban J connectivity index is 1.18. The molecule has 1 saturated heterocycles. The number of benzene rings is 3. The van der Waals surface area contributed by atoms with Gasteiger partial charge in [0.15, 0.2) is 17.7 Å². The number of nitrogens with two attached hydrogens (primary N) is 1. The first-order valence-electron chi connectivity index (χ1n) is 14.0. The number of imidazole rings is 1. The molecule has 0 bridgehead atoms. The average molecular weight is 619 g/mol. The van der Waals surface area contributed by atoms with E-state index in [2.05, 4.69) is 20.0 Å². The molecule has 6 rings (SSSR count). The molecular weight excluding hydrogens is 587 g/mol. The van der Waals surface area contributed by atoms with E-state index < -0.39 is 38.2 Å². The molecule has 13 nitrogen and oxygen atoms in total. The van der Waals surface area contributed by atoms with Gasteiger partial charge < -0.3 is 24.8 Å². The predicted molar refractivity (Wildman–Crippen MR) is 161 cm³/mol. The summed E-state index contributed by atoms with van der Waals surface area (Å²) in [6.45, 7) is 1.34. The van der Waals surface area contributed by atoms with Gasteiger partial charge in [0.25, 0.3) is 0 Å². The van der Waals surface area contributed by atoms with Gasteiger partial charge in [0.05, 0.1) is 19.0 Å². The third-order valence-corrected chi connectivity index (χ3v) is 8.78. The lowest BCUT2D eigenvalue weighted by Crippen LogP contribution is -2.35. The summed E-state index contributed by atoms with van der Waals surface area (Å²) >= 11 is 0. The molecule has 0 saturated carbocycles. The van der Waals surface area contributed by atoms with Gasteiger partial charge in [0.1, 0.15) is 36.3 Å². The van der Waals surface area contributed by atoms with Gasteiger partial charge in [-0.15, -0.1) is 0 Å². The first-order valence-corrected chi connectivity index (χ1v) is 15.5. The van der Waals surface area contributed by atoms with Crippen LogP contribution in [0.4, 0.5) is 5.82 Å². The minimum atomic E-state index is -4.22. The van der Waals surface area contributed by atoms with Crippen molar-refractivity contribution in [3.63, 3.8) is 0 Å². The van der Waals surface area contributed by atoms with Crippen molar-refractivity contribution in [2.75, 3.05) is 12.3 Å². The van der Waals surface area contributed by atoms with Crippen LogP contribution in [0.1, 0.15) is 25.1 Å². The molecule has 0 amide bonds. The monoisotopic (exact) mass is 618 g/mol. The van der Waals surface area contributed by atoms with Crippen LogP contribution in [-0.2, 0) is 30.0 Å². The maximum atomic E-state index is 14.2. The number of rotatable bonds is 11. The zero-order valence-electron chi connectivity index (χ0n) is 23.7. The molecule has 5 aromatic rings. The second kappa shape index (κ2) is 12.7. The number of aliphatic hydroxyl groups is 1. The molecule has 1 aliphatic heterocycles. The molecule has 0 radical (unpaired) electrons. The zero-order valence-corrected chi connectivity index (χ0v) is 24.6. The highest BCUT2D eigenvalue weighted by atomic mass is 31.2. The Morgan fingerprint density at radius 3 is 2.73 bits per heavy atom. The number of nitrogen functional groups attached to an aromatic ring is 1. The molecule has 0 spiro atoms. The van der Waals surface area contributed by atoms with Crippen LogP contribution in [0.5, 0.6) is 5.75 Å². The Labute approximate surface area is 252 Å². The summed E-state index contributed by atoms with van der Waals surface area (Å²) in [5.41, 5.74) is 7.49. The lowest BCUT2D eigenvalue weighted by molar-refractivity contribution is -0.146. The fourth-order valence-corrected chi connectivity index (χ4v) is 6.50. The van der Waals surface area contributed by atoms with E-state index >= 15 is 0 Å². The molecule has 44 heavy (non-hydrogen) atoms. The van der Waals surface area contributed by atoms with E-state index in [-0.39, 0.29) is 25.5 Å². The largest absolute Gasteiger partial charge is 0.460 e. The minimum Gasteiger partial charge on any atom is -0.460 e. The van der Waals surface area contributed by atoms with Gasteiger partial charge in [-0.1, -0.05) is 66.7 Å². The molecule has 4 N–H and O–H groups in total. The summed E-state index contributed by atoms with van der Waals surface area (Å²) in [7, 11) is -4.22. The molecule has 1 aliphatic rings. The number of anilines is 1. The van der Waals surface area contributed by atoms with E-state index in [4.69, 9.17) is 24.3 Å². The summed E-state index contributed by atoms with van der Waals surface area (Å²) in [6, 6.07) is 21.0. The maximum absolute atomic E-state index is 14.2. The van der Waals surface area contributed by atoms with Crippen molar-refractivity contribution < 1.29 is 33.0 Å².